The first kappa shape index (κ1) is 41.5. The summed E-state index contributed by atoms with van der Waals surface area (Å²) in [6, 6.07) is 6.34. The maximum absolute atomic E-state index is 12.5. The molecule has 2 aliphatic heterocycles. The molecule has 258 valence electrons. The highest BCUT2D eigenvalue weighted by atomic mass is 19.4. The molecule has 45 heavy (non-hydrogen) atoms. The van der Waals surface area contributed by atoms with Gasteiger partial charge in [0, 0.05) is 38.2 Å². The minimum absolute atomic E-state index is 0.308. The number of ketones is 1. The van der Waals surface area contributed by atoms with Crippen molar-refractivity contribution in [3.63, 3.8) is 0 Å². The first-order chi connectivity index (χ1) is 20.6. The topological polar surface area (TPSA) is 147 Å². The van der Waals surface area contributed by atoms with Gasteiger partial charge in [-0.25, -0.2) is 14.4 Å². The molecular weight excluding hydrogens is 637 g/mol. The van der Waals surface area contributed by atoms with Gasteiger partial charge in [-0.1, -0.05) is 19.1 Å². The van der Waals surface area contributed by atoms with Crippen molar-refractivity contribution in [1.82, 2.24) is 15.1 Å². The number of likely N-dealkylation sites (N-methyl/N-ethyl adjacent to an activating group) is 1. The van der Waals surface area contributed by atoms with Crippen LogP contribution in [0.4, 0.5) is 39.5 Å². The number of hydrogen-bond donors (Lipinski definition) is 4. The standard InChI is InChI=1S/C20H31N3O.3C2HF3O2/c1-2-22-12-14-23(15-13-22)11-3-4-20(24)19-6-5-17-7-9-21-10-8-18(17)16-19;3*3-2(4,5)1(6)7/h5-6,16,21H,2-4,7-15H2,1H3;3*(H,6,7). The average Bonchev–Trinajstić information content (AvgIpc) is 3.18. The Morgan fingerprint density at radius 2 is 1.11 bits per heavy atom. The van der Waals surface area contributed by atoms with E-state index in [0.29, 0.717) is 12.2 Å². The third-order valence-corrected chi connectivity index (χ3v) is 6.19. The second-order valence-corrected chi connectivity index (χ2v) is 9.44. The van der Waals surface area contributed by atoms with Crippen molar-refractivity contribution in [2.75, 3.05) is 52.4 Å². The number of carbonyl (C=O) groups is 4. The Hall–Kier alpha value is -3.45. The molecule has 10 nitrogen and oxygen atoms in total. The lowest BCUT2D eigenvalue weighted by Crippen LogP contribution is -2.46. The van der Waals surface area contributed by atoms with Crippen molar-refractivity contribution in [2.24, 2.45) is 0 Å². The van der Waals surface area contributed by atoms with E-state index in [0.717, 1.165) is 64.1 Å². The van der Waals surface area contributed by atoms with E-state index in [-0.39, 0.29) is 0 Å². The number of carboxylic acids is 3. The molecule has 0 saturated carbocycles. The van der Waals surface area contributed by atoms with E-state index < -0.39 is 36.4 Å². The Morgan fingerprint density at radius 3 is 1.51 bits per heavy atom. The number of halogens is 9. The van der Waals surface area contributed by atoms with Crippen molar-refractivity contribution in [3.8, 4) is 0 Å². The molecule has 3 rings (SSSR count). The highest BCUT2D eigenvalue weighted by Crippen LogP contribution is 2.18. The van der Waals surface area contributed by atoms with Gasteiger partial charge in [0.05, 0.1) is 0 Å². The van der Waals surface area contributed by atoms with Crippen LogP contribution in [0.15, 0.2) is 18.2 Å². The van der Waals surface area contributed by atoms with E-state index in [1.165, 1.54) is 24.2 Å². The van der Waals surface area contributed by atoms with Gasteiger partial charge < -0.3 is 30.4 Å². The SMILES string of the molecule is CCN1CCN(CCCC(=O)c2ccc3c(c2)CCNCC3)CC1.O=C(O)C(F)(F)F.O=C(O)C(F)(F)F.O=C(O)C(F)(F)F. The highest BCUT2D eigenvalue weighted by molar-refractivity contribution is 5.96. The van der Waals surface area contributed by atoms with E-state index in [1.54, 1.807) is 0 Å². The highest BCUT2D eigenvalue weighted by Gasteiger charge is 2.39. The minimum atomic E-state index is -5.08. The quantitative estimate of drug-likeness (QED) is 0.260. The Bertz CT molecular complexity index is 1050. The zero-order valence-corrected chi connectivity index (χ0v) is 24.0. The van der Waals surface area contributed by atoms with Gasteiger partial charge in [-0.2, -0.15) is 39.5 Å². The monoisotopic (exact) mass is 671 g/mol. The molecule has 0 aliphatic carbocycles. The lowest BCUT2D eigenvalue weighted by Gasteiger charge is -2.33. The molecule has 0 aromatic heterocycles. The predicted octanol–water partition coefficient (Wildman–Crippen LogP) is 3.88. The molecule has 2 aliphatic rings. The van der Waals surface area contributed by atoms with Crippen molar-refractivity contribution >= 4 is 23.7 Å². The summed E-state index contributed by atoms with van der Waals surface area (Å²) in [5.41, 5.74) is 3.68. The largest absolute Gasteiger partial charge is 0.490 e. The second-order valence-electron chi connectivity index (χ2n) is 9.44. The number of hydrogen-bond acceptors (Lipinski definition) is 7. The fourth-order valence-corrected chi connectivity index (χ4v) is 3.78. The molecule has 0 spiro atoms. The Morgan fingerprint density at radius 1 is 0.711 bits per heavy atom. The maximum atomic E-state index is 12.5. The Kier molecular flexibility index (Phi) is 17.7. The number of benzene rings is 1. The summed E-state index contributed by atoms with van der Waals surface area (Å²) in [6.07, 6.45) is -11.5. The molecule has 1 saturated heterocycles. The summed E-state index contributed by atoms with van der Waals surface area (Å²) in [5.74, 6) is -7.96. The van der Waals surface area contributed by atoms with Crippen LogP contribution in [-0.4, -0.2) is 120 Å². The van der Waals surface area contributed by atoms with Crippen LogP contribution in [0.5, 0.6) is 0 Å². The fraction of sp³-hybridized carbons (Fsp3) is 0.615. The first-order valence-corrected chi connectivity index (χ1v) is 13.3. The summed E-state index contributed by atoms with van der Waals surface area (Å²) in [7, 11) is 0. The molecule has 0 atom stereocenters. The summed E-state index contributed by atoms with van der Waals surface area (Å²) in [5, 5.41) is 24.8. The number of piperazine rings is 1. The van der Waals surface area contributed by atoms with Crippen molar-refractivity contribution in [3.05, 3.63) is 34.9 Å². The summed E-state index contributed by atoms with van der Waals surface area (Å²) < 4.78 is 95.2. The van der Waals surface area contributed by atoms with Gasteiger partial charge in [0.15, 0.2) is 5.78 Å². The average molecular weight is 672 g/mol. The van der Waals surface area contributed by atoms with Gasteiger partial charge in [-0.05, 0) is 62.6 Å². The minimum Gasteiger partial charge on any atom is -0.475 e. The fourth-order valence-electron chi connectivity index (χ4n) is 3.78. The van der Waals surface area contributed by atoms with Crippen LogP contribution in [0.3, 0.4) is 0 Å². The molecule has 2 heterocycles. The van der Waals surface area contributed by atoms with E-state index >= 15 is 0 Å². The number of nitrogens with zero attached hydrogens (tertiary/aromatic N) is 2. The van der Waals surface area contributed by atoms with Gasteiger partial charge in [-0.3, -0.25) is 4.79 Å². The van der Waals surface area contributed by atoms with Crippen LogP contribution >= 0.6 is 0 Å². The summed E-state index contributed by atoms with van der Waals surface area (Å²) >= 11 is 0. The smallest absolute Gasteiger partial charge is 0.475 e. The van der Waals surface area contributed by atoms with Gasteiger partial charge in [0.2, 0.25) is 0 Å². The zero-order valence-electron chi connectivity index (χ0n) is 24.0. The van der Waals surface area contributed by atoms with E-state index in [1.807, 2.05) is 6.07 Å². The normalized spacial score (nSPS) is 15.8. The molecule has 0 radical (unpaired) electrons. The number of carbonyl (C=O) groups excluding carboxylic acids is 1. The Labute approximate surface area is 251 Å². The lowest BCUT2D eigenvalue weighted by molar-refractivity contribution is -0.193. The van der Waals surface area contributed by atoms with Gasteiger partial charge in [0.1, 0.15) is 0 Å². The molecular formula is C26H34F9N3O7. The van der Waals surface area contributed by atoms with Crippen LogP contribution in [0.2, 0.25) is 0 Å². The number of carboxylic acid groups (broad SMARTS) is 3. The molecule has 1 fully saturated rings. The van der Waals surface area contributed by atoms with Gasteiger partial charge in [-0.15, -0.1) is 0 Å². The number of fused-ring (bicyclic) bond motifs is 1. The van der Waals surface area contributed by atoms with Gasteiger partial charge >= 0.3 is 36.4 Å². The summed E-state index contributed by atoms with van der Waals surface area (Å²) in [4.78, 5) is 44.2. The first-order valence-electron chi connectivity index (χ1n) is 13.3. The second kappa shape index (κ2) is 19.2. The van der Waals surface area contributed by atoms with E-state index in [9.17, 15) is 44.3 Å². The zero-order chi connectivity index (χ0) is 35.0. The van der Waals surface area contributed by atoms with E-state index in [4.69, 9.17) is 29.7 Å². The Balaban J connectivity index is 0.000000753. The van der Waals surface area contributed by atoms with Crippen molar-refractivity contribution in [2.45, 2.75) is 51.1 Å². The molecule has 4 N–H and O–H groups in total. The van der Waals surface area contributed by atoms with Crippen LogP contribution < -0.4 is 5.32 Å². The van der Waals surface area contributed by atoms with Crippen LogP contribution in [-0.2, 0) is 27.2 Å². The molecule has 0 unspecified atom stereocenters. The number of alkyl halides is 9. The number of aliphatic carboxylic acids is 3. The number of Topliss-reactive ketones (excluding diaryl/α,β-unsaturated/α-hetero) is 1. The molecule has 19 heteroatoms. The molecule has 0 amide bonds. The van der Waals surface area contributed by atoms with Crippen molar-refractivity contribution in [1.29, 1.82) is 0 Å². The third kappa shape index (κ3) is 18.2. The molecule has 1 aromatic rings. The van der Waals surface area contributed by atoms with Crippen LogP contribution in [0.25, 0.3) is 0 Å². The van der Waals surface area contributed by atoms with Crippen LogP contribution in [0, 0.1) is 0 Å². The lowest BCUT2D eigenvalue weighted by atomic mass is 9.97. The van der Waals surface area contributed by atoms with Gasteiger partial charge in [0.25, 0.3) is 0 Å². The molecule has 1 aromatic carbocycles. The summed E-state index contributed by atoms with van der Waals surface area (Å²) in [6.45, 7) is 11.1. The number of nitrogens with one attached hydrogen (secondary N) is 1. The van der Waals surface area contributed by atoms with E-state index in [2.05, 4.69) is 34.2 Å². The van der Waals surface area contributed by atoms with Crippen molar-refractivity contribution < 1.29 is 74.0 Å². The molecule has 0 bridgehead atoms. The predicted molar refractivity (Wildman–Crippen MR) is 140 cm³/mol. The third-order valence-electron chi connectivity index (χ3n) is 6.19. The van der Waals surface area contributed by atoms with Crippen LogP contribution in [0.1, 0.15) is 41.3 Å². The number of rotatable bonds is 6. The maximum Gasteiger partial charge on any atom is 0.490 e.